The molecule has 0 atom stereocenters. The number of morpholine rings is 2. The van der Waals surface area contributed by atoms with Crippen LogP contribution in [0.1, 0.15) is 75.1 Å². The molecule has 0 radical (unpaired) electrons. The van der Waals surface area contributed by atoms with Crippen LogP contribution in [-0.4, -0.2) is 175 Å². The van der Waals surface area contributed by atoms with Crippen LogP contribution in [0, 0.1) is 0 Å². The molecule has 84 heavy (non-hydrogen) atoms. The lowest BCUT2D eigenvalue weighted by molar-refractivity contribution is -0.0504. The molecule has 8 aromatic rings. The van der Waals surface area contributed by atoms with Gasteiger partial charge in [-0.05, 0) is 96.8 Å². The summed E-state index contributed by atoms with van der Waals surface area (Å²) in [5.41, 5.74) is 4.92. The van der Waals surface area contributed by atoms with Crippen LogP contribution >= 0.6 is 0 Å². The van der Waals surface area contributed by atoms with E-state index in [0.717, 1.165) is 95.6 Å². The Morgan fingerprint density at radius 3 is 1.65 bits per heavy atom. The number of benzene rings is 2. The van der Waals surface area contributed by atoms with Gasteiger partial charge in [0.1, 0.15) is 52.0 Å². The molecule has 0 unspecified atom stereocenters. The molecule has 0 spiro atoms. The van der Waals surface area contributed by atoms with Crippen molar-refractivity contribution in [2.24, 2.45) is 0 Å². The summed E-state index contributed by atoms with van der Waals surface area (Å²) in [5, 5.41) is 16.9. The number of fused-ring (bicyclic) bond motifs is 4. The topological polar surface area (TPSA) is 219 Å². The standard InChI is InChI=1S/C32H45F2N7O4Si.C26H31F2N7O3/c1-32(2,3)37-30(42)24-20-40(21-44-16-17-46(4,5)6)29-28(24)36-25(19-35-29)27-23-18-22(45-31(33)34)8-9-26(23)41(38-27)11-7-10-39-12-14-43-15-13-39;1-26(2,3)32-24(36)18-14-29-23-22(18)31-19(15-30-23)21-17-13-16(38-25(27)28)5-6-20(17)35(33-21)8-4-7-34-9-11-37-12-10-34/h8-9,18-20,31H,7,10-17,21H2,1-6H3,(H,37,42);5-6,13-15,25H,4,7-12H2,1-3H3,(H,29,30)(H,32,36). The lowest BCUT2D eigenvalue weighted by atomic mass is 10.1. The number of nitrogens with zero attached hydrogens (tertiary/aromatic N) is 11. The van der Waals surface area contributed by atoms with E-state index in [1.54, 1.807) is 53.6 Å². The van der Waals surface area contributed by atoms with Crippen molar-refractivity contribution in [2.45, 2.75) is 124 Å². The van der Waals surface area contributed by atoms with Gasteiger partial charge < -0.3 is 43.9 Å². The first-order valence-electron chi connectivity index (χ1n) is 28.4. The maximum atomic E-state index is 13.5. The summed E-state index contributed by atoms with van der Waals surface area (Å²) in [6.07, 6.45) is 8.16. The van der Waals surface area contributed by atoms with Crippen molar-refractivity contribution < 1.29 is 50.8 Å². The highest BCUT2D eigenvalue weighted by atomic mass is 28.3. The van der Waals surface area contributed by atoms with Gasteiger partial charge in [-0.2, -0.15) is 27.8 Å². The number of aromatic nitrogens is 10. The molecule has 2 aliphatic heterocycles. The highest BCUT2D eigenvalue weighted by Gasteiger charge is 2.26. The molecular weight excluding hydrogens is 1110 g/mol. The second-order valence-electron chi connectivity index (χ2n) is 24.2. The fourth-order valence-electron chi connectivity index (χ4n) is 9.89. The van der Waals surface area contributed by atoms with E-state index >= 15 is 0 Å². The maximum absolute atomic E-state index is 13.5. The monoisotopic (exact) mass is 1180 g/mol. The molecule has 2 saturated heterocycles. The van der Waals surface area contributed by atoms with Crippen molar-refractivity contribution in [3.63, 3.8) is 0 Å². The Bertz CT molecular complexity index is 3560. The zero-order valence-electron chi connectivity index (χ0n) is 49.2. The van der Waals surface area contributed by atoms with Gasteiger partial charge in [-0.25, -0.2) is 19.9 Å². The minimum Gasteiger partial charge on any atom is -0.435 e. The summed E-state index contributed by atoms with van der Waals surface area (Å²) in [4.78, 5) is 52.8. The number of halogens is 4. The van der Waals surface area contributed by atoms with E-state index in [9.17, 15) is 27.2 Å². The third kappa shape index (κ3) is 16.0. The van der Waals surface area contributed by atoms with Gasteiger partial charge >= 0.3 is 13.2 Å². The summed E-state index contributed by atoms with van der Waals surface area (Å²) in [5.74, 6) is -0.503. The average Bonchev–Trinajstić information content (AvgIpc) is 2.17. The first-order chi connectivity index (χ1) is 39.9. The number of hydrogen-bond acceptors (Lipinski definition) is 15. The van der Waals surface area contributed by atoms with E-state index in [-0.39, 0.29) is 30.0 Å². The van der Waals surface area contributed by atoms with E-state index in [1.807, 2.05) is 50.9 Å². The molecule has 8 heterocycles. The van der Waals surface area contributed by atoms with Gasteiger partial charge in [0.25, 0.3) is 11.8 Å². The van der Waals surface area contributed by atoms with Crippen LogP contribution in [0.5, 0.6) is 11.5 Å². The van der Waals surface area contributed by atoms with E-state index in [4.69, 9.17) is 44.1 Å². The second-order valence-corrected chi connectivity index (χ2v) is 29.8. The molecule has 2 aliphatic rings. The van der Waals surface area contributed by atoms with Crippen molar-refractivity contribution in [1.29, 1.82) is 0 Å². The number of nitrogens with one attached hydrogen (secondary N) is 3. The van der Waals surface area contributed by atoms with Gasteiger partial charge in [0.2, 0.25) is 0 Å². The summed E-state index contributed by atoms with van der Waals surface area (Å²) in [7, 11) is -1.28. The van der Waals surface area contributed by atoms with Gasteiger partial charge in [0.15, 0.2) is 11.3 Å². The zero-order valence-corrected chi connectivity index (χ0v) is 50.2. The van der Waals surface area contributed by atoms with Crippen LogP contribution in [0.15, 0.2) is 61.2 Å². The molecule has 26 heteroatoms. The molecule has 0 saturated carbocycles. The summed E-state index contributed by atoms with van der Waals surface area (Å²) in [6.45, 7) is 22.8. The Hall–Kier alpha value is -7.10. The molecule has 10 rings (SSSR count). The van der Waals surface area contributed by atoms with Crippen molar-refractivity contribution in [3.8, 4) is 34.3 Å². The zero-order chi connectivity index (χ0) is 59.9. The number of hydrogen-bond donors (Lipinski definition) is 3. The first kappa shape index (κ1) is 61.5. The van der Waals surface area contributed by atoms with Crippen LogP contribution < -0.4 is 20.1 Å². The molecule has 2 aromatic carbocycles. The third-order valence-corrected chi connectivity index (χ3v) is 15.6. The Morgan fingerprint density at radius 1 is 0.679 bits per heavy atom. The molecule has 0 aliphatic carbocycles. The van der Waals surface area contributed by atoms with E-state index < -0.39 is 32.4 Å². The number of alkyl halides is 4. The first-order valence-corrected chi connectivity index (χ1v) is 32.1. The van der Waals surface area contributed by atoms with Crippen LogP contribution in [0.3, 0.4) is 0 Å². The van der Waals surface area contributed by atoms with Gasteiger partial charge in [-0.3, -0.25) is 28.8 Å². The van der Waals surface area contributed by atoms with Gasteiger partial charge in [-0.1, -0.05) is 19.6 Å². The number of carbonyl (C=O) groups excluding carboxylic acids is 2. The predicted octanol–water partition coefficient (Wildman–Crippen LogP) is 9.44. The SMILES string of the molecule is CC(C)(C)NC(=O)c1c[nH]c2ncc(-c3nn(CCCN4CCOCC4)c4ccc(OC(F)F)cc34)nc12.CC(C)(C)NC(=O)c1cn(COCC[Si](C)(C)C)c2ncc(-c3nn(CCCN4CCOCC4)c4ccc(OC(F)F)cc34)nc12. The molecule has 0 bridgehead atoms. The summed E-state index contributed by atoms with van der Waals surface area (Å²) in [6, 6.07) is 10.6. The highest BCUT2D eigenvalue weighted by molar-refractivity contribution is 6.76. The second kappa shape index (κ2) is 26.4. The lowest BCUT2D eigenvalue weighted by Gasteiger charge is -2.26. The highest BCUT2D eigenvalue weighted by Crippen LogP contribution is 2.34. The Morgan fingerprint density at radius 2 is 1.17 bits per heavy atom. The molecule has 21 nitrogen and oxygen atoms in total. The molecule has 2 fully saturated rings. The number of aryl methyl sites for hydroxylation is 2. The van der Waals surface area contributed by atoms with E-state index in [1.165, 1.54) is 12.1 Å². The fraction of sp³-hybridized carbons (Fsp3) is 0.517. The van der Waals surface area contributed by atoms with Crippen LogP contribution in [0.2, 0.25) is 25.7 Å². The molecule has 6 aromatic heterocycles. The lowest BCUT2D eigenvalue weighted by Crippen LogP contribution is -2.40. The minimum atomic E-state index is -2.96. The average molecular weight is 1190 g/mol. The maximum Gasteiger partial charge on any atom is 0.387 e. The van der Waals surface area contributed by atoms with Gasteiger partial charge in [0.05, 0.1) is 61.0 Å². The molecule has 3 N–H and O–H groups in total. The fourth-order valence-corrected chi connectivity index (χ4v) is 10.6. The largest absolute Gasteiger partial charge is 0.435 e. The minimum absolute atomic E-state index is 0.0255. The van der Waals surface area contributed by atoms with Crippen LogP contribution in [0.4, 0.5) is 17.6 Å². The van der Waals surface area contributed by atoms with Gasteiger partial charge in [0, 0.05) is 101 Å². The Labute approximate surface area is 485 Å². The number of aromatic amines is 1. The molecule has 452 valence electrons. The quantitative estimate of drug-likeness (QED) is 0.0347. The number of rotatable bonds is 21. The summed E-state index contributed by atoms with van der Waals surface area (Å²) >= 11 is 0. The van der Waals surface area contributed by atoms with E-state index in [2.05, 4.69) is 54.8 Å². The van der Waals surface area contributed by atoms with Crippen molar-refractivity contribution in [2.75, 3.05) is 72.3 Å². The third-order valence-electron chi connectivity index (χ3n) is 13.9. The van der Waals surface area contributed by atoms with Crippen molar-refractivity contribution >= 4 is 64.0 Å². The number of amides is 2. The number of carbonyl (C=O) groups is 2. The van der Waals surface area contributed by atoms with Crippen LogP contribution in [0.25, 0.3) is 66.9 Å². The van der Waals surface area contributed by atoms with Crippen molar-refractivity contribution in [3.05, 3.63) is 72.3 Å². The Kier molecular flexibility index (Phi) is 19.3. The summed E-state index contributed by atoms with van der Waals surface area (Å²) < 4.78 is 84.0. The molecule has 2 amide bonds. The predicted molar refractivity (Wildman–Crippen MR) is 314 cm³/mol. The Balaban J connectivity index is 0.000000205. The van der Waals surface area contributed by atoms with E-state index in [0.29, 0.717) is 86.7 Å². The smallest absolute Gasteiger partial charge is 0.387 e. The number of H-pyrrole nitrogens is 1. The molecular formula is C58H76F4N14O7Si. The van der Waals surface area contributed by atoms with Gasteiger partial charge in [-0.15, -0.1) is 0 Å². The normalized spacial score (nSPS) is 14.9. The van der Waals surface area contributed by atoms with Crippen LogP contribution in [-0.2, 0) is 34.0 Å². The van der Waals surface area contributed by atoms with Crippen molar-refractivity contribution in [1.82, 2.24) is 69.5 Å². The number of ether oxygens (including phenoxy) is 5.